The number of benzene rings is 1. The molecule has 1 aliphatic heterocycles. The van der Waals surface area contributed by atoms with Crippen LogP contribution in [-0.4, -0.2) is 31.7 Å². The van der Waals surface area contributed by atoms with E-state index in [1.54, 1.807) is 6.07 Å². The van der Waals surface area contributed by atoms with Gasteiger partial charge in [-0.25, -0.2) is 13.9 Å². The monoisotopic (exact) mass is 451 g/mol. The molecule has 164 valence electrons. The van der Waals surface area contributed by atoms with Crippen molar-refractivity contribution in [3.63, 3.8) is 0 Å². The number of aromatic nitrogens is 2. The number of nitrogens with zero attached hydrogens (tertiary/aromatic N) is 2. The molecule has 0 radical (unpaired) electrons. The van der Waals surface area contributed by atoms with Crippen molar-refractivity contribution < 1.29 is 8.95 Å². The molecule has 0 spiro atoms. The molecule has 30 heavy (non-hydrogen) atoms. The molecule has 6 nitrogen and oxygen atoms in total. The molecule has 1 saturated carbocycles. The SMILES string of the molecule is C[C@@H](N[S@](=O)C(C)(C)C)c1cc(Cl)cc2c(=O)n(C3CC3)c(C3CCOCC3)nc12. The zero-order valence-corrected chi connectivity index (χ0v) is 19.6. The third kappa shape index (κ3) is 4.35. The van der Waals surface area contributed by atoms with Crippen molar-refractivity contribution in [3.8, 4) is 0 Å². The summed E-state index contributed by atoms with van der Waals surface area (Å²) in [7, 11) is -1.25. The summed E-state index contributed by atoms with van der Waals surface area (Å²) < 4.78 is 22.9. The summed E-state index contributed by atoms with van der Waals surface area (Å²) >= 11 is 6.41. The zero-order chi connectivity index (χ0) is 21.6. The minimum atomic E-state index is -1.25. The van der Waals surface area contributed by atoms with E-state index < -0.39 is 15.7 Å². The van der Waals surface area contributed by atoms with Gasteiger partial charge in [0.2, 0.25) is 0 Å². The topological polar surface area (TPSA) is 73.2 Å². The van der Waals surface area contributed by atoms with Crippen molar-refractivity contribution in [2.45, 2.75) is 76.1 Å². The van der Waals surface area contributed by atoms with Crippen LogP contribution in [0.15, 0.2) is 16.9 Å². The van der Waals surface area contributed by atoms with E-state index in [1.807, 2.05) is 38.3 Å². The summed E-state index contributed by atoms with van der Waals surface area (Å²) in [5.74, 6) is 1.08. The van der Waals surface area contributed by atoms with Gasteiger partial charge in [-0.15, -0.1) is 0 Å². The molecular weight excluding hydrogens is 422 g/mol. The van der Waals surface area contributed by atoms with Gasteiger partial charge in [-0.05, 0) is 71.1 Å². The van der Waals surface area contributed by atoms with Crippen LogP contribution in [0.25, 0.3) is 10.9 Å². The second-order valence-electron chi connectivity index (χ2n) is 9.37. The molecule has 0 bridgehead atoms. The van der Waals surface area contributed by atoms with Crippen LogP contribution in [0.1, 0.15) is 82.8 Å². The van der Waals surface area contributed by atoms with Crippen LogP contribution in [0.2, 0.25) is 5.02 Å². The van der Waals surface area contributed by atoms with Crippen molar-refractivity contribution in [2.75, 3.05) is 13.2 Å². The molecule has 4 rings (SSSR count). The van der Waals surface area contributed by atoms with Gasteiger partial charge in [0.05, 0.1) is 26.6 Å². The maximum Gasteiger partial charge on any atom is 0.261 e. The van der Waals surface area contributed by atoms with Crippen molar-refractivity contribution in [3.05, 3.63) is 38.9 Å². The van der Waals surface area contributed by atoms with Gasteiger partial charge in [0, 0.05) is 36.2 Å². The molecular formula is C22H30ClN3O3S. The standard InChI is InChI=1S/C22H30ClN3O3S/c1-13(25-30(28)22(2,3)4)17-11-15(23)12-18-19(17)24-20(14-7-9-29-10-8-14)26(21(18)27)16-5-6-16/h11-14,16,25H,5-10H2,1-4H3/t13-,30-/m1/s1. The number of hydrogen-bond acceptors (Lipinski definition) is 4. The van der Waals surface area contributed by atoms with Gasteiger partial charge in [-0.3, -0.25) is 9.36 Å². The first-order valence-corrected chi connectivity index (χ1v) is 12.2. The fourth-order valence-electron chi connectivity index (χ4n) is 3.97. The molecule has 1 saturated heterocycles. The Hall–Kier alpha value is -1.28. The molecule has 8 heteroatoms. The van der Waals surface area contributed by atoms with Gasteiger partial charge in [0.25, 0.3) is 5.56 Å². The first kappa shape index (κ1) is 21.9. The Balaban J connectivity index is 1.86. The fraction of sp³-hybridized carbons (Fsp3) is 0.636. The van der Waals surface area contributed by atoms with Gasteiger partial charge in [0.1, 0.15) is 5.82 Å². The molecule has 2 atom stereocenters. The summed E-state index contributed by atoms with van der Waals surface area (Å²) in [5, 5.41) is 1.03. The summed E-state index contributed by atoms with van der Waals surface area (Å²) in [6, 6.07) is 3.52. The molecule has 2 fully saturated rings. The van der Waals surface area contributed by atoms with E-state index in [9.17, 15) is 9.00 Å². The molecule has 1 aliphatic carbocycles. The lowest BCUT2D eigenvalue weighted by molar-refractivity contribution is 0.0825. The predicted octanol–water partition coefficient (Wildman–Crippen LogP) is 4.39. The molecule has 1 aromatic carbocycles. The van der Waals surface area contributed by atoms with Crippen LogP contribution in [0.5, 0.6) is 0 Å². The molecule has 2 aliphatic rings. The highest BCUT2D eigenvalue weighted by atomic mass is 35.5. The Bertz CT molecular complexity index is 1040. The first-order valence-electron chi connectivity index (χ1n) is 10.7. The number of hydrogen-bond donors (Lipinski definition) is 1. The minimum Gasteiger partial charge on any atom is -0.381 e. The third-order valence-electron chi connectivity index (χ3n) is 5.83. The van der Waals surface area contributed by atoms with Gasteiger partial charge < -0.3 is 4.74 Å². The average Bonchev–Trinajstić information content (AvgIpc) is 3.52. The van der Waals surface area contributed by atoms with E-state index >= 15 is 0 Å². The largest absolute Gasteiger partial charge is 0.381 e. The summed E-state index contributed by atoms with van der Waals surface area (Å²) in [6.45, 7) is 9.10. The fourth-order valence-corrected chi connectivity index (χ4v) is 5.00. The second kappa shape index (κ2) is 8.34. The van der Waals surface area contributed by atoms with Crippen LogP contribution in [0.3, 0.4) is 0 Å². The van der Waals surface area contributed by atoms with Gasteiger partial charge >= 0.3 is 0 Å². The lowest BCUT2D eigenvalue weighted by Crippen LogP contribution is -2.35. The van der Waals surface area contributed by atoms with Crippen LogP contribution < -0.4 is 10.3 Å². The van der Waals surface area contributed by atoms with E-state index in [-0.39, 0.29) is 23.6 Å². The van der Waals surface area contributed by atoms with E-state index in [4.69, 9.17) is 21.3 Å². The van der Waals surface area contributed by atoms with Gasteiger partial charge in [-0.2, -0.15) is 0 Å². The first-order chi connectivity index (χ1) is 14.2. The van der Waals surface area contributed by atoms with E-state index in [0.29, 0.717) is 29.1 Å². The summed E-state index contributed by atoms with van der Waals surface area (Å²) in [5.41, 5.74) is 1.45. The van der Waals surface area contributed by atoms with Gasteiger partial charge in [0.15, 0.2) is 0 Å². The lowest BCUT2D eigenvalue weighted by atomic mass is 9.98. The van der Waals surface area contributed by atoms with Crippen LogP contribution in [-0.2, 0) is 15.7 Å². The number of fused-ring (bicyclic) bond motifs is 1. The van der Waals surface area contributed by atoms with Crippen LogP contribution in [0.4, 0.5) is 0 Å². The molecule has 0 unspecified atom stereocenters. The number of rotatable bonds is 5. The average molecular weight is 452 g/mol. The van der Waals surface area contributed by atoms with Crippen molar-refractivity contribution in [1.29, 1.82) is 0 Å². The zero-order valence-electron chi connectivity index (χ0n) is 18.0. The van der Waals surface area contributed by atoms with Gasteiger partial charge in [-0.1, -0.05) is 11.6 Å². The normalized spacial score (nSPS) is 20.4. The quantitative estimate of drug-likeness (QED) is 0.731. The summed E-state index contributed by atoms with van der Waals surface area (Å²) in [6.07, 6.45) is 3.77. The Morgan fingerprint density at radius 3 is 2.50 bits per heavy atom. The Morgan fingerprint density at radius 2 is 1.90 bits per heavy atom. The number of ether oxygens (including phenoxy) is 1. The second-order valence-corrected chi connectivity index (χ2v) is 11.8. The van der Waals surface area contributed by atoms with Crippen LogP contribution in [0, 0.1) is 0 Å². The molecule has 2 aromatic rings. The Kier molecular flexibility index (Phi) is 6.10. The highest BCUT2D eigenvalue weighted by Crippen LogP contribution is 2.38. The molecule has 1 N–H and O–H groups in total. The molecule has 2 heterocycles. The van der Waals surface area contributed by atoms with Crippen molar-refractivity contribution in [2.24, 2.45) is 0 Å². The number of nitrogens with one attached hydrogen (secondary N) is 1. The number of halogens is 1. The lowest BCUT2D eigenvalue weighted by Gasteiger charge is -2.26. The van der Waals surface area contributed by atoms with Crippen molar-refractivity contribution in [1.82, 2.24) is 14.3 Å². The summed E-state index contributed by atoms with van der Waals surface area (Å²) in [4.78, 5) is 18.6. The smallest absolute Gasteiger partial charge is 0.261 e. The van der Waals surface area contributed by atoms with E-state index in [1.165, 1.54) is 0 Å². The molecule has 1 aromatic heterocycles. The predicted molar refractivity (Wildman–Crippen MR) is 122 cm³/mol. The third-order valence-corrected chi connectivity index (χ3v) is 7.73. The minimum absolute atomic E-state index is 0.0168. The highest BCUT2D eigenvalue weighted by Gasteiger charge is 2.33. The van der Waals surface area contributed by atoms with E-state index in [0.717, 1.165) is 37.1 Å². The Labute approximate surface area is 184 Å². The highest BCUT2D eigenvalue weighted by molar-refractivity contribution is 7.84. The van der Waals surface area contributed by atoms with Crippen LogP contribution >= 0.6 is 11.6 Å². The van der Waals surface area contributed by atoms with E-state index in [2.05, 4.69) is 4.72 Å². The maximum atomic E-state index is 13.5. The molecule has 0 amide bonds. The van der Waals surface area contributed by atoms with Crippen molar-refractivity contribution >= 4 is 33.5 Å². The Morgan fingerprint density at radius 1 is 1.23 bits per heavy atom. The maximum absolute atomic E-state index is 13.5.